The molecule has 0 fully saturated rings. The maximum absolute atomic E-state index is 11.9. The summed E-state index contributed by atoms with van der Waals surface area (Å²) >= 11 is 7.83. The number of thiophene rings is 1. The van der Waals surface area contributed by atoms with E-state index in [4.69, 9.17) is 14.2 Å². The molecule has 0 aliphatic heterocycles. The molecule has 1 aromatic heterocycles. The quantitative estimate of drug-likeness (QED) is 0.595. The Morgan fingerprint density at radius 2 is 1.84 bits per heavy atom. The van der Waals surface area contributed by atoms with E-state index >= 15 is 0 Å². The van der Waals surface area contributed by atoms with Crippen molar-refractivity contribution in [2.45, 2.75) is 6.54 Å². The molecule has 2 rings (SSSR count). The SMILES string of the molecule is COc1ccc(CNC(=O)COC(=O)c2cc(Br)c(Br)s2)cc1OC. The van der Waals surface area contributed by atoms with E-state index in [-0.39, 0.29) is 13.2 Å². The van der Waals surface area contributed by atoms with Crippen LogP contribution in [-0.4, -0.2) is 32.7 Å². The predicted octanol–water partition coefficient (Wildman–Crippen LogP) is 3.76. The van der Waals surface area contributed by atoms with Crippen LogP contribution in [0.25, 0.3) is 0 Å². The molecule has 1 aromatic carbocycles. The zero-order chi connectivity index (χ0) is 18.4. The Balaban J connectivity index is 1.83. The Morgan fingerprint density at radius 1 is 1.12 bits per heavy atom. The van der Waals surface area contributed by atoms with Crippen LogP contribution < -0.4 is 14.8 Å². The minimum Gasteiger partial charge on any atom is -0.493 e. The summed E-state index contributed by atoms with van der Waals surface area (Å²) in [4.78, 5) is 24.1. The molecule has 1 amide bonds. The molecule has 1 heterocycles. The molecule has 0 aliphatic rings. The van der Waals surface area contributed by atoms with Gasteiger partial charge in [-0.25, -0.2) is 4.79 Å². The van der Waals surface area contributed by atoms with Crippen LogP contribution >= 0.6 is 43.2 Å². The van der Waals surface area contributed by atoms with Gasteiger partial charge >= 0.3 is 5.97 Å². The smallest absolute Gasteiger partial charge is 0.348 e. The predicted molar refractivity (Wildman–Crippen MR) is 101 cm³/mol. The molecule has 0 spiro atoms. The third-order valence-electron chi connectivity index (χ3n) is 3.12. The van der Waals surface area contributed by atoms with Crippen molar-refractivity contribution >= 4 is 55.1 Å². The molecule has 0 unspecified atom stereocenters. The number of esters is 1. The van der Waals surface area contributed by atoms with Crippen molar-refractivity contribution in [1.29, 1.82) is 0 Å². The lowest BCUT2D eigenvalue weighted by Gasteiger charge is -2.10. The van der Waals surface area contributed by atoms with Gasteiger partial charge in [0.25, 0.3) is 5.91 Å². The third kappa shape index (κ3) is 5.45. The Kier molecular flexibility index (Phi) is 7.27. The van der Waals surface area contributed by atoms with Crippen LogP contribution in [0.5, 0.6) is 11.5 Å². The monoisotopic (exact) mass is 491 g/mol. The van der Waals surface area contributed by atoms with E-state index in [1.165, 1.54) is 11.3 Å². The molecule has 134 valence electrons. The van der Waals surface area contributed by atoms with Crippen LogP contribution in [0, 0.1) is 0 Å². The number of methoxy groups -OCH3 is 2. The molecule has 6 nitrogen and oxygen atoms in total. The van der Waals surface area contributed by atoms with Crippen LogP contribution in [0.3, 0.4) is 0 Å². The van der Waals surface area contributed by atoms with E-state index in [9.17, 15) is 9.59 Å². The van der Waals surface area contributed by atoms with Gasteiger partial charge in [-0.15, -0.1) is 11.3 Å². The van der Waals surface area contributed by atoms with Gasteiger partial charge in [-0.2, -0.15) is 0 Å². The number of ether oxygens (including phenoxy) is 3. The van der Waals surface area contributed by atoms with Gasteiger partial charge in [-0.1, -0.05) is 6.07 Å². The number of carbonyl (C=O) groups is 2. The number of nitrogens with one attached hydrogen (secondary N) is 1. The molecular formula is C16H15Br2NO5S. The lowest BCUT2D eigenvalue weighted by molar-refractivity contribution is -0.124. The first kappa shape index (κ1) is 19.7. The first-order valence-electron chi connectivity index (χ1n) is 7.04. The maximum atomic E-state index is 11.9. The fourth-order valence-electron chi connectivity index (χ4n) is 1.89. The van der Waals surface area contributed by atoms with Crippen LogP contribution in [0.2, 0.25) is 0 Å². The summed E-state index contributed by atoms with van der Waals surface area (Å²) in [5.74, 6) is 0.254. The van der Waals surface area contributed by atoms with E-state index in [0.29, 0.717) is 16.4 Å². The molecular weight excluding hydrogens is 478 g/mol. The van der Waals surface area contributed by atoms with Crippen molar-refractivity contribution in [3.63, 3.8) is 0 Å². The third-order valence-corrected chi connectivity index (χ3v) is 6.35. The number of hydrogen-bond donors (Lipinski definition) is 1. The summed E-state index contributed by atoms with van der Waals surface area (Å²) in [5.41, 5.74) is 0.837. The topological polar surface area (TPSA) is 73.9 Å². The normalized spacial score (nSPS) is 10.2. The van der Waals surface area contributed by atoms with E-state index in [2.05, 4.69) is 37.2 Å². The van der Waals surface area contributed by atoms with Crippen molar-refractivity contribution in [3.05, 3.63) is 43.0 Å². The number of hydrogen-bond acceptors (Lipinski definition) is 6. The van der Waals surface area contributed by atoms with Gasteiger partial charge in [-0.05, 0) is 55.6 Å². The minimum atomic E-state index is -0.544. The number of benzene rings is 1. The molecule has 0 saturated carbocycles. The number of rotatable bonds is 7. The van der Waals surface area contributed by atoms with Crippen LogP contribution in [-0.2, 0) is 16.1 Å². The van der Waals surface area contributed by atoms with Gasteiger partial charge in [0.15, 0.2) is 18.1 Å². The fourth-order valence-corrected chi connectivity index (χ4v) is 3.82. The van der Waals surface area contributed by atoms with Gasteiger partial charge in [0.1, 0.15) is 4.88 Å². The number of amides is 1. The highest BCUT2D eigenvalue weighted by molar-refractivity contribution is 9.13. The van der Waals surface area contributed by atoms with Gasteiger partial charge in [0.05, 0.1) is 18.0 Å². The highest BCUT2D eigenvalue weighted by Crippen LogP contribution is 2.32. The second-order valence-electron chi connectivity index (χ2n) is 4.77. The second kappa shape index (κ2) is 9.21. The van der Waals surface area contributed by atoms with Gasteiger partial charge in [0, 0.05) is 11.0 Å². The molecule has 0 radical (unpaired) electrons. The molecule has 0 bridgehead atoms. The molecule has 25 heavy (non-hydrogen) atoms. The fraction of sp³-hybridized carbons (Fsp3) is 0.250. The Labute approximate surface area is 165 Å². The van der Waals surface area contributed by atoms with Crippen molar-refractivity contribution < 1.29 is 23.8 Å². The Morgan fingerprint density at radius 3 is 2.44 bits per heavy atom. The summed E-state index contributed by atoms with van der Waals surface area (Å²) in [6.07, 6.45) is 0. The number of halogens is 2. The Hall–Kier alpha value is -1.58. The zero-order valence-corrected chi connectivity index (χ0v) is 17.4. The van der Waals surface area contributed by atoms with Crippen molar-refractivity contribution in [3.8, 4) is 11.5 Å². The molecule has 1 N–H and O–H groups in total. The minimum absolute atomic E-state index is 0.285. The standard InChI is InChI=1S/C16H15Br2NO5S/c1-22-11-4-3-9(5-12(11)23-2)7-19-14(20)8-24-16(21)13-6-10(17)15(18)25-13/h3-6H,7-8H2,1-2H3,(H,19,20). The van der Waals surface area contributed by atoms with Gasteiger partial charge in [0.2, 0.25) is 0 Å². The van der Waals surface area contributed by atoms with Crippen molar-refractivity contribution in [2.75, 3.05) is 20.8 Å². The first-order valence-corrected chi connectivity index (χ1v) is 9.44. The maximum Gasteiger partial charge on any atom is 0.348 e. The Bertz CT molecular complexity index is 758. The summed E-state index contributed by atoms with van der Waals surface area (Å²) in [6.45, 7) is -0.0634. The molecule has 0 saturated heterocycles. The van der Waals surface area contributed by atoms with Crippen LogP contribution in [0.15, 0.2) is 32.5 Å². The average molecular weight is 493 g/mol. The highest BCUT2D eigenvalue weighted by Gasteiger charge is 2.15. The summed E-state index contributed by atoms with van der Waals surface area (Å²) in [7, 11) is 3.10. The molecule has 0 aliphatic carbocycles. The van der Waals surface area contributed by atoms with Crippen LogP contribution in [0.1, 0.15) is 15.2 Å². The van der Waals surface area contributed by atoms with Crippen LogP contribution in [0.4, 0.5) is 0 Å². The van der Waals surface area contributed by atoms with Crippen molar-refractivity contribution in [2.24, 2.45) is 0 Å². The van der Waals surface area contributed by atoms with Gasteiger partial charge in [-0.3, -0.25) is 4.79 Å². The number of carbonyl (C=O) groups excluding carboxylic acids is 2. The van der Waals surface area contributed by atoms with Gasteiger partial charge < -0.3 is 19.5 Å². The second-order valence-corrected chi connectivity index (χ2v) is 8.00. The summed E-state index contributed by atoms with van der Waals surface area (Å²) in [5, 5.41) is 2.68. The molecule has 2 aromatic rings. The van der Waals surface area contributed by atoms with Crippen molar-refractivity contribution in [1.82, 2.24) is 5.32 Å². The zero-order valence-electron chi connectivity index (χ0n) is 13.4. The summed E-state index contributed by atoms with van der Waals surface area (Å²) < 4.78 is 16.9. The van der Waals surface area contributed by atoms with E-state index in [0.717, 1.165) is 13.8 Å². The molecule has 0 atom stereocenters. The molecule has 9 heteroatoms. The van der Waals surface area contributed by atoms with E-state index in [1.807, 2.05) is 6.07 Å². The largest absolute Gasteiger partial charge is 0.493 e. The first-order chi connectivity index (χ1) is 11.9. The lowest BCUT2D eigenvalue weighted by atomic mass is 10.2. The average Bonchev–Trinajstić information content (AvgIpc) is 2.96. The van der Waals surface area contributed by atoms with E-state index in [1.54, 1.807) is 32.4 Å². The van der Waals surface area contributed by atoms with E-state index < -0.39 is 11.9 Å². The lowest BCUT2D eigenvalue weighted by Crippen LogP contribution is -2.28. The summed E-state index contributed by atoms with van der Waals surface area (Å²) in [6, 6.07) is 6.98. The highest BCUT2D eigenvalue weighted by atomic mass is 79.9.